The van der Waals surface area contributed by atoms with Crippen molar-refractivity contribution in [2.75, 3.05) is 0 Å². The van der Waals surface area contributed by atoms with E-state index in [1.165, 1.54) is 0 Å². The van der Waals surface area contributed by atoms with Crippen molar-refractivity contribution in [1.29, 1.82) is 0 Å². The van der Waals surface area contributed by atoms with E-state index in [0.29, 0.717) is 5.30 Å². The Hall–Kier alpha value is -2.77. The summed E-state index contributed by atoms with van der Waals surface area (Å²) in [4.78, 5) is 26.7. The predicted octanol–water partition coefficient (Wildman–Crippen LogP) is 5.28. The molecule has 4 heteroatoms. The van der Waals surface area contributed by atoms with E-state index >= 15 is 0 Å². The molecule has 0 bridgehead atoms. The fourth-order valence-electron chi connectivity index (χ4n) is 3.12. The molecule has 136 valence electrons. The minimum absolute atomic E-state index is 0.280. The summed E-state index contributed by atoms with van der Waals surface area (Å²) in [5.74, 6) is 0. The molecule has 27 heavy (non-hydrogen) atoms. The lowest BCUT2D eigenvalue weighted by molar-refractivity contribution is 0.104. The Balaban J connectivity index is 2.28. The van der Waals surface area contributed by atoms with E-state index in [0.717, 1.165) is 16.7 Å². The molecule has 0 spiro atoms. The molecule has 0 saturated heterocycles. The van der Waals surface area contributed by atoms with Crippen LogP contribution in [0.3, 0.4) is 0 Å². The summed E-state index contributed by atoms with van der Waals surface area (Å²) in [6.07, 6.45) is 0. The van der Waals surface area contributed by atoms with Gasteiger partial charge in [0.15, 0.2) is 0 Å². The average molecular weight is 376 g/mol. The largest absolute Gasteiger partial charge is 0.302 e. The molecule has 0 radical (unpaired) electrons. The van der Waals surface area contributed by atoms with Crippen LogP contribution in [0, 0.1) is 20.8 Å². The molecule has 0 heterocycles. The number of rotatable bonds is 5. The van der Waals surface area contributed by atoms with E-state index in [1.807, 2.05) is 26.8 Å². The van der Waals surface area contributed by atoms with Gasteiger partial charge in [-0.3, -0.25) is 9.59 Å². The Kier molecular flexibility index (Phi) is 5.25. The third kappa shape index (κ3) is 3.31. The molecule has 0 fully saturated rings. The van der Waals surface area contributed by atoms with Gasteiger partial charge in [-0.25, -0.2) is 0 Å². The first kappa shape index (κ1) is 19.0. The number of aryl methyl sites for hydroxylation is 1. The highest BCUT2D eigenvalue weighted by Crippen LogP contribution is 2.51. The molecule has 0 aliphatic heterocycles. The van der Waals surface area contributed by atoms with Gasteiger partial charge in [0.1, 0.15) is 0 Å². The topological polar surface area (TPSA) is 51.2 Å². The Morgan fingerprint density at radius 3 is 1.52 bits per heavy atom. The molecule has 3 aromatic carbocycles. The smallest absolute Gasteiger partial charge is 0.248 e. The maximum absolute atomic E-state index is 14.2. The van der Waals surface area contributed by atoms with Crippen LogP contribution in [0.2, 0.25) is 0 Å². The summed E-state index contributed by atoms with van der Waals surface area (Å²) in [6.45, 7) is 5.69. The predicted molar refractivity (Wildman–Crippen MR) is 109 cm³/mol. The molecule has 3 aromatic rings. The van der Waals surface area contributed by atoms with Crippen LogP contribution in [0.5, 0.6) is 0 Å². The highest BCUT2D eigenvalue weighted by atomic mass is 31.2. The molecule has 3 nitrogen and oxygen atoms in total. The first-order valence-electron chi connectivity index (χ1n) is 8.74. The summed E-state index contributed by atoms with van der Waals surface area (Å²) in [7, 11) is -4.06. The van der Waals surface area contributed by atoms with Crippen LogP contribution in [0.4, 0.5) is 0 Å². The summed E-state index contributed by atoms with van der Waals surface area (Å²) < 4.78 is 14.2. The minimum atomic E-state index is -4.06. The van der Waals surface area contributed by atoms with E-state index < -0.39 is 18.2 Å². The second-order valence-corrected chi connectivity index (χ2v) is 9.12. The zero-order valence-corrected chi connectivity index (χ0v) is 16.5. The first-order valence-corrected chi connectivity index (χ1v) is 10.5. The molecule has 0 saturated carbocycles. The average Bonchev–Trinajstić information content (AvgIpc) is 2.71. The van der Waals surface area contributed by atoms with Crippen molar-refractivity contribution < 1.29 is 14.2 Å². The fraction of sp³-hybridized carbons (Fsp3) is 0.130. The molecule has 0 aliphatic carbocycles. The van der Waals surface area contributed by atoms with E-state index in [1.54, 1.807) is 66.7 Å². The Morgan fingerprint density at radius 1 is 0.630 bits per heavy atom. The molecule has 0 aliphatic rings. The maximum Gasteiger partial charge on any atom is 0.248 e. The lowest BCUT2D eigenvalue weighted by Gasteiger charge is -2.20. The normalized spacial score (nSPS) is 11.2. The van der Waals surface area contributed by atoms with Crippen molar-refractivity contribution in [3.8, 4) is 0 Å². The van der Waals surface area contributed by atoms with Crippen LogP contribution in [-0.2, 0) is 4.57 Å². The lowest BCUT2D eigenvalue weighted by atomic mass is 10.1. The number of carbonyl (C=O) groups is 2. The number of hydrogen-bond acceptors (Lipinski definition) is 3. The Bertz CT molecular complexity index is 998. The van der Waals surface area contributed by atoms with Crippen LogP contribution in [-0.4, -0.2) is 11.0 Å². The zero-order chi connectivity index (χ0) is 19.6. The van der Waals surface area contributed by atoms with Crippen LogP contribution >= 0.6 is 7.14 Å². The molecular weight excluding hydrogens is 355 g/mol. The zero-order valence-electron chi connectivity index (χ0n) is 15.6. The van der Waals surface area contributed by atoms with Gasteiger partial charge in [0.2, 0.25) is 18.2 Å². The third-order valence-electron chi connectivity index (χ3n) is 4.98. The quantitative estimate of drug-likeness (QED) is 0.569. The summed E-state index contributed by atoms with van der Waals surface area (Å²) in [5.41, 5.74) is 2.01. The van der Waals surface area contributed by atoms with Gasteiger partial charge in [-0.2, -0.15) is 0 Å². The maximum atomic E-state index is 14.2. The minimum Gasteiger partial charge on any atom is -0.302 e. The van der Waals surface area contributed by atoms with Crippen LogP contribution in [0.1, 0.15) is 37.4 Å². The van der Waals surface area contributed by atoms with E-state index in [-0.39, 0.29) is 11.1 Å². The second kappa shape index (κ2) is 7.46. The van der Waals surface area contributed by atoms with Crippen LogP contribution < -0.4 is 5.30 Å². The van der Waals surface area contributed by atoms with Gasteiger partial charge in [0.05, 0.1) is 0 Å². The lowest BCUT2D eigenvalue weighted by Crippen LogP contribution is -2.23. The van der Waals surface area contributed by atoms with Crippen molar-refractivity contribution in [2.24, 2.45) is 0 Å². The highest BCUT2D eigenvalue weighted by molar-refractivity contribution is 8.01. The van der Waals surface area contributed by atoms with Gasteiger partial charge in [0, 0.05) is 16.4 Å². The van der Waals surface area contributed by atoms with Gasteiger partial charge in [-0.05, 0) is 37.5 Å². The number of hydrogen-bond donors (Lipinski definition) is 0. The molecule has 0 amide bonds. The number of carbonyl (C=O) groups excluding carboxylic acids is 2. The van der Waals surface area contributed by atoms with E-state index in [9.17, 15) is 14.2 Å². The SMILES string of the molecule is Cc1ccc(P(=O)(C(=O)c2ccccc2)C(=O)c2ccccc2)c(C)c1C. The van der Waals surface area contributed by atoms with Gasteiger partial charge in [0.25, 0.3) is 0 Å². The van der Waals surface area contributed by atoms with Crippen molar-refractivity contribution in [1.82, 2.24) is 0 Å². The second-order valence-electron chi connectivity index (χ2n) is 6.60. The molecule has 0 unspecified atom stereocenters. The molecule has 0 aromatic heterocycles. The van der Waals surface area contributed by atoms with E-state index in [2.05, 4.69) is 0 Å². The van der Waals surface area contributed by atoms with Crippen molar-refractivity contribution in [3.05, 3.63) is 101 Å². The van der Waals surface area contributed by atoms with Crippen molar-refractivity contribution in [3.63, 3.8) is 0 Å². The van der Waals surface area contributed by atoms with Crippen molar-refractivity contribution in [2.45, 2.75) is 20.8 Å². The molecule has 0 N–H and O–H groups in total. The standard InChI is InChI=1S/C23H21O3P/c1-16-14-15-21(18(3)17(16)2)27(26,22(24)19-10-6-4-7-11-19)23(25)20-12-8-5-9-13-20/h4-15H,1-3H3. The van der Waals surface area contributed by atoms with Gasteiger partial charge >= 0.3 is 0 Å². The monoisotopic (exact) mass is 376 g/mol. The van der Waals surface area contributed by atoms with Gasteiger partial charge in [-0.15, -0.1) is 0 Å². The summed E-state index contributed by atoms with van der Waals surface area (Å²) in [5, 5.41) is 0.327. The summed E-state index contributed by atoms with van der Waals surface area (Å²) >= 11 is 0. The van der Waals surface area contributed by atoms with E-state index in [4.69, 9.17) is 0 Å². The molecular formula is C23H21O3P. The molecule has 0 atom stereocenters. The Labute approximate surface area is 159 Å². The third-order valence-corrected chi connectivity index (χ3v) is 7.81. The first-order chi connectivity index (χ1) is 12.9. The molecule has 3 rings (SSSR count). The fourth-order valence-corrected chi connectivity index (χ4v) is 5.69. The van der Waals surface area contributed by atoms with Crippen LogP contribution in [0.15, 0.2) is 72.8 Å². The number of benzene rings is 3. The summed E-state index contributed by atoms with van der Waals surface area (Å²) in [6, 6.07) is 20.3. The van der Waals surface area contributed by atoms with Crippen molar-refractivity contribution >= 4 is 23.5 Å². The Morgan fingerprint density at radius 2 is 1.07 bits per heavy atom. The van der Waals surface area contributed by atoms with Gasteiger partial charge in [-0.1, -0.05) is 72.8 Å². The van der Waals surface area contributed by atoms with Crippen LogP contribution in [0.25, 0.3) is 0 Å². The highest BCUT2D eigenvalue weighted by Gasteiger charge is 2.43. The van der Waals surface area contributed by atoms with Gasteiger partial charge < -0.3 is 4.57 Å².